The van der Waals surface area contributed by atoms with Gasteiger partial charge >= 0.3 is 146 Å². The maximum atomic E-state index is 12.0. The van der Waals surface area contributed by atoms with Gasteiger partial charge in [0.2, 0.25) is 0 Å². The summed E-state index contributed by atoms with van der Waals surface area (Å²) < 4.78 is 26.3. The number of amides is 1. The van der Waals surface area contributed by atoms with Gasteiger partial charge in [-0.05, 0) is 0 Å². The second kappa shape index (κ2) is 8.09. The Hall–Kier alpha value is 1.53. The quantitative estimate of drug-likeness (QED) is 0.152. The predicted octanol–water partition coefficient (Wildman–Crippen LogP) is -2.23. The fraction of sp³-hybridized carbons (Fsp3) is 0.875. The zero-order valence-corrected chi connectivity index (χ0v) is 17.1. The first-order valence-electron chi connectivity index (χ1n) is 5.26. The Kier molecular flexibility index (Phi) is 7.90. The van der Waals surface area contributed by atoms with Crippen molar-refractivity contribution in [3.05, 3.63) is 0 Å². The fourth-order valence-electron chi connectivity index (χ4n) is 1.31. The maximum absolute atomic E-state index is 12.0. The molecule has 1 aliphatic heterocycles. The number of carbonyl (C=O) groups is 1. The number of carbonyl (C=O) groups excluding carboxylic acids is 1. The van der Waals surface area contributed by atoms with Crippen LogP contribution in [0.4, 0.5) is 4.79 Å². The SMILES string of the molecule is CN(CCS(=O)(=O)I)[I-]C(=O)N1CCN(I)CC1. The first kappa shape index (κ1) is 17.6. The minimum atomic E-state index is -2.97. The van der Waals surface area contributed by atoms with Crippen LogP contribution < -0.4 is 21.5 Å². The third kappa shape index (κ3) is 7.35. The number of hydrogen-bond donors (Lipinski definition) is 0. The third-order valence-electron chi connectivity index (χ3n) is 2.33. The van der Waals surface area contributed by atoms with Crippen molar-refractivity contribution in [2.24, 2.45) is 0 Å². The zero-order valence-electron chi connectivity index (χ0n) is 9.85. The van der Waals surface area contributed by atoms with Crippen LogP contribution in [-0.2, 0) is 7.01 Å². The Balaban J connectivity index is 2.31. The average molecular weight is 614 g/mol. The molecule has 0 atom stereocenters. The summed E-state index contributed by atoms with van der Waals surface area (Å²) in [5.74, 6) is 0.110. The molecule has 0 aliphatic carbocycles. The standard InChI is InChI=1S/C8H15I3N3O3S/c1-12(6-7-18(10,16)17)11-8(15)13-2-4-14(9)5-3-13/h2-7H2,1H3/q-1. The summed E-state index contributed by atoms with van der Waals surface area (Å²) in [5, 5.41) is 0. The second-order valence-corrected chi connectivity index (χ2v) is 13.7. The molecule has 0 unspecified atom stereocenters. The number of rotatable bonds is 5. The number of piperazine rings is 1. The van der Waals surface area contributed by atoms with Crippen LogP contribution in [0.1, 0.15) is 0 Å². The van der Waals surface area contributed by atoms with Crippen LogP contribution in [0.15, 0.2) is 0 Å². The molecule has 1 fully saturated rings. The first-order chi connectivity index (χ1) is 8.28. The number of hydrogen-bond acceptors (Lipinski definition) is 5. The summed E-state index contributed by atoms with van der Waals surface area (Å²) in [6, 6.07) is 0. The van der Waals surface area contributed by atoms with Gasteiger partial charge in [0.1, 0.15) is 0 Å². The molecule has 6 nitrogen and oxygen atoms in total. The van der Waals surface area contributed by atoms with Crippen LogP contribution in [0.3, 0.4) is 0 Å². The van der Waals surface area contributed by atoms with Gasteiger partial charge < -0.3 is 0 Å². The van der Waals surface area contributed by atoms with Crippen LogP contribution in [0, 0.1) is 0 Å². The van der Waals surface area contributed by atoms with Crippen molar-refractivity contribution in [3.63, 3.8) is 0 Å². The average Bonchev–Trinajstić information content (AvgIpc) is 2.26. The molecule has 0 aromatic rings. The summed E-state index contributed by atoms with van der Waals surface area (Å²) in [6.45, 7) is 3.81. The van der Waals surface area contributed by atoms with Gasteiger partial charge in [-0.15, -0.1) is 0 Å². The molecule has 1 heterocycles. The summed E-state index contributed by atoms with van der Waals surface area (Å²) in [4.78, 5) is 13.9. The van der Waals surface area contributed by atoms with Gasteiger partial charge in [-0.3, -0.25) is 0 Å². The fourth-order valence-corrected chi connectivity index (χ4v) is 5.13. The molecule has 1 aliphatic rings. The van der Waals surface area contributed by atoms with E-state index in [1.54, 1.807) is 0 Å². The molecule has 0 saturated carbocycles. The van der Waals surface area contributed by atoms with Crippen molar-refractivity contribution in [3.8, 4) is 0 Å². The molecule has 0 aromatic carbocycles. The van der Waals surface area contributed by atoms with Crippen LogP contribution in [0.2, 0.25) is 0 Å². The van der Waals surface area contributed by atoms with Crippen molar-refractivity contribution in [2.75, 3.05) is 45.5 Å². The monoisotopic (exact) mass is 614 g/mol. The van der Waals surface area contributed by atoms with E-state index in [1.165, 1.54) is 21.2 Å². The van der Waals surface area contributed by atoms with E-state index in [1.807, 2.05) is 15.1 Å². The Bertz CT molecular complexity index is 384. The summed E-state index contributed by atoms with van der Waals surface area (Å²) in [6.07, 6.45) is 0. The van der Waals surface area contributed by atoms with Crippen molar-refractivity contribution in [1.29, 1.82) is 0 Å². The zero-order chi connectivity index (χ0) is 13.8. The van der Waals surface area contributed by atoms with Crippen LogP contribution in [0.25, 0.3) is 0 Å². The Morgan fingerprint density at radius 3 is 2.39 bits per heavy atom. The molecule has 1 amide bonds. The van der Waals surface area contributed by atoms with Gasteiger partial charge in [-0.25, -0.2) is 0 Å². The predicted molar refractivity (Wildman–Crippen MR) is 83.0 cm³/mol. The van der Waals surface area contributed by atoms with Gasteiger partial charge in [0, 0.05) is 0 Å². The van der Waals surface area contributed by atoms with Gasteiger partial charge in [-0.2, -0.15) is 0 Å². The van der Waals surface area contributed by atoms with Gasteiger partial charge in [0.05, 0.1) is 0 Å². The first-order valence-corrected chi connectivity index (χ1v) is 12.5. The van der Waals surface area contributed by atoms with Gasteiger partial charge in [0.15, 0.2) is 0 Å². The molecule has 0 aromatic heterocycles. The molecule has 10 heteroatoms. The minimum absolute atomic E-state index is 0.110. The molecular formula is C8H15I3N3O3S-. The molecule has 0 radical (unpaired) electrons. The summed E-state index contributed by atoms with van der Waals surface area (Å²) in [7, 11) is -1.15. The molecule has 0 bridgehead atoms. The van der Waals surface area contributed by atoms with Gasteiger partial charge in [0.25, 0.3) is 0 Å². The molecule has 108 valence electrons. The molecule has 18 heavy (non-hydrogen) atoms. The Labute approximate surface area is 144 Å². The van der Waals surface area contributed by atoms with Crippen molar-refractivity contribution >= 4 is 55.0 Å². The molecular weight excluding hydrogens is 599 g/mol. The van der Waals surface area contributed by atoms with E-state index in [2.05, 4.69) is 26.0 Å². The normalized spacial score (nSPS) is 18.6. The Morgan fingerprint density at radius 1 is 1.33 bits per heavy atom. The van der Waals surface area contributed by atoms with E-state index < -0.39 is 28.5 Å². The van der Waals surface area contributed by atoms with Crippen LogP contribution in [-0.4, -0.2) is 69.0 Å². The van der Waals surface area contributed by atoms with Crippen LogP contribution in [0.5, 0.6) is 0 Å². The summed E-state index contributed by atoms with van der Waals surface area (Å²) >= 11 is 2.95. The van der Waals surface area contributed by atoms with Gasteiger partial charge in [-0.1, -0.05) is 0 Å². The van der Waals surface area contributed by atoms with E-state index in [0.29, 0.717) is 6.54 Å². The second-order valence-electron chi connectivity index (χ2n) is 3.81. The van der Waals surface area contributed by atoms with Crippen molar-refractivity contribution in [1.82, 2.24) is 11.1 Å². The van der Waals surface area contributed by atoms with E-state index >= 15 is 0 Å². The summed E-state index contributed by atoms with van der Waals surface area (Å²) in [5.41, 5.74) is 0. The molecule has 0 spiro atoms. The number of nitrogens with zero attached hydrogens (tertiary/aromatic N) is 3. The van der Waals surface area contributed by atoms with E-state index in [0.717, 1.165) is 26.2 Å². The number of halogens is 3. The van der Waals surface area contributed by atoms with E-state index in [9.17, 15) is 13.2 Å². The van der Waals surface area contributed by atoms with E-state index in [-0.39, 0.29) is 9.67 Å². The molecule has 0 N–H and O–H groups in total. The van der Waals surface area contributed by atoms with E-state index in [4.69, 9.17) is 0 Å². The molecule has 1 saturated heterocycles. The van der Waals surface area contributed by atoms with Crippen molar-refractivity contribution in [2.45, 2.75) is 0 Å². The Morgan fingerprint density at radius 2 is 1.89 bits per heavy atom. The topological polar surface area (TPSA) is 60.9 Å². The van der Waals surface area contributed by atoms with Crippen LogP contribution >= 0.6 is 44.1 Å². The van der Waals surface area contributed by atoms with Crippen molar-refractivity contribution < 1.29 is 34.7 Å². The third-order valence-corrected chi connectivity index (χ3v) is 7.69. The molecule has 1 rings (SSSR count).